The zero-order chi connectivity index (χ0) is 22.6. The van der Waals surface area contributed by atoms with Crippen molar-refractivity contribution in [1.82, 2.24) is 0 Å². The van der Waals surface area contributed by atoms with Crippen molar-refractivity contribution in [3.05, 3.63) is 99.2 Å². The molecule has 0 aromatic heterocycles. The Morgan fingerprint density at radius 1 is 0.875 bits per heavy atom. The standard InChI is InChI=1S/C29H33OSi2/c1-7-19-13-10-17-24-26(19)28(30-32(4,5)6)29(31(2)3)27(24)23-16-11-15-22-21-14-9-8-12-20(21)18-25(22)23/h8-17,27H,7,18H2,1-6H3. The second-order valence-electron chi connectivity index (χ2n) is 10.3. The van der Waals surface area contributed by atoms with Gasteiger partial charge < -0.3 is 4.43 Å². The summed E-state index contributed by atoms with van der Waals surface area (Å²) in [5.41, 5.74) is 11.6. The van der Waals surface area contributed by atoms with Crippen LogP contribution in [-0.2, 0) is 17.3 Å². The first-order valence-electron chi connectivity index (χ1n) is 11.9. The molecule has 163 valence electrons. The van der Waals surface area contributed by atoms with Crippen LogP contribution in [0.5, 0.6) is 0 Å². The average molecular weight is 454 g/mol. The lowest BCUT2D eigenvalue weighted by Crippen LogP contribution is -2.26. The molecule has 3 heteroatoms. The first kappa shape index (κ1) is 21.5. The third-order valence-electron chi connectivity index (χ3n) is 6.78. The molecule has 1 radical (unpaired) electrons. The molecule has 0 saturated heterocycles. The Bertz CT molecular complexity index is 1230. The SMILES string of the molecule is CCc1cccc2c1C(O[Si](C)(C)C)=C([Si](C)C)C2c1cccc2c1Cc1ccccc1-2. The molecule has 0 saturated carbocycles. The molecule has 3 aromatic carbocycles. The van der Waals surface area contributed by atoms with Gasteiger partial charge in [-0.25, -0.2) is 0 Å². The zero-order valence-corrected chi connectivity index (χ0v) is 22.2. The Hall–Kier alpha value is -2.37. The highest BCUT2D eigenvalue weighted by atomic mass is 28.4. The second kappa shape index (κ2) is 7.89. The monoisotopic (exact) mass is 453 g/mol. The van der Waals surface area contributed by atoms with Crippen molar-refractivity contribution >= 4 is 22.9 Å². The summed E-state index contributed by atoms with van der Waals surface area (Å²) >= 11 is 0. The van der Waals surface area contributed by atoms with E-state index in [1.165, 1.54) is 50.3 Å². The fourth-order valence-electron chi connectivity index (χ4n) is 5.56. The second-order valence-corrected chi connectivity index (χ2v) is 17.3. The van der Waals surface area contributed by atoms with Crippen molar-refractivity contribution in [1.29, 1.82) is 0 Å². The Morgan fingerprint density at radius 3 is 2.28 bits per heavy atom. The highest BCUT2D eigenvalue weighted by molar-refractivity contribution is 6.71. The predicted molar refractivity (Wildman–Crippen MR) is 141 cm³/mol. The lowest BCUT2D eigenvalue weighted by Gasteiger charge is -2.25. The summed E-state index contributed by atoms with van der Waals surface area (Å²) in [6.45, 7) is 14.1. The molecule has 1 nitrogen and oxygen atoms in total. The van der Waals surface area contributed by atoms with E-state index in [0.29, 0.717) is 5.92 Å². The minimum absolute atomic E-state index is 0.316. The fraction of sp³-hybridized carbons (Fsp3) is 0.310. The summed E-state index contributed by atoms with van der Waals surface area (Å²) < 4.78 is 6.92. The van der Waals surface area contributed by atoms with Crippen LogP contribution < -0.4 is 0 Å². The number of hydrogen-bond donors (Lipinski definition) is 0. The maximum Gasteiger partial charge on any atom is 0.242 e. The molecule has 3 aromatic rings. The smallest absolute Gasteiger partial charge is 0.242 e. The normalized spacial score (nSPS) is 16.9. The predicted octanol–water partition coefficient (Wildman–Crippen LogP) is 7.82. The third kappa shape index (κ3) is 3.43. The van der Waals surface area contributed by atoms with Crippen molar-refractivity contribution in [3.63, 3.8) is 0 Å². The van der Waals surface area contributed by atoms with E-state index in [0.717, 1.165) is 12.8 Å². The molecule has 0 fully saturated rings. The van der Waals surface area contributed by atoms with Crippen LogP contribution in [0.15, 0.2) is 65.9 Å². The number of hydrogen-bond acceptors (Lipinski definition) is 1. The molecule has 0 bridgehead atoms. The van der Waals surface area contributed by atoms with Gasteiger partial charge in [0.05, 0.1) is 8.80 Å². The largest absolute Gasteiger partial charge is 0.544 e. The number of allylic oxidation sites excluding steroid dienone is 1. The molecule has 2 aliphatic rings. The maximum absolute atomic E-state index is 6.92. The number of rotatable bonds is 5. The summed E-state index contributed by atoms with van der Waals surface area (Å²) in [6, 6.07) is 22.8. The minimum Gasteiger partial charge on any atom is -0.544 e. The van der Waals surface area contributed by atoms with Gasteiger partial charge in [-0.2, -0.15) is 0 Å². The number of aryl methyl sites for hydroxylation is 1. The van der Waals surface area contributed by atoms with E-state index in [9.17, 15) is 0 Å². The van der Waals surface area contributed by atoms with Crippen LogP contribution in [0.1, 0.15) is 46.2 Å². The zero-order valence-electron chi connectivity index (χ0n) is 20.2. The molecular formula is C29H33OSi2. The van der Waals surface area contributed by atoms with E-state index in [1.54, 1.807) is 5.20 Å². The molecule has 32 heavy (non-hydrogen) atoms. The van der Waals surface area contributed by atoms with Crippen molar-refractivity contribution in [2.75, 3.05) is 0 Å². The molecule has 0 heterocycles. The summed E-state index contributed by atoms with van der Waals surface area (Å²) in [6.07, 6.45) is 2.07. The van der Waals surface area contributed by atoms with Gasteiger partial charge in [0, 0.05) is 11.5 Å². The van der Waals surface area contributed by atoms with Crippen molar-refractivity contribution in [3.8, 4) is 11.1 Å². The lowest BCUT2D eigenvalue weighted by atomic mass is 9.86. The van der Waals surface area contributed by atoms with Crippen LogP contribution in [0, 0.1) is 0 Å². The van der Waals surface area contributed by atoms with E-state index < -0.39 is 17.1 Å². The highest BCUT2D eigenvalue weighted by Crippen LogP contribution is 2.52. The van der Waals surface area contributed by atoms with Crippen LogP contribution in [0.2, 0.25) is 32.7 Å². The highest BCUT2D eigenvalue weighted by Gasteiger charge is 2.40. The van der Waals surface area contributed by atoms with E-state index in [1.807, 2.05) is 0 Å². The Balaban J connectivity index is 1.77. The summed E-state index contributed by atoms with van der Waals surface area (Å²) in [5.74, 6) is 1.55. The van der Waals surface area contributed by atoms with Gasteiger partial charge >= 0.3 is 0 Å². The Kier molecular flexibility index (Phi) is 5.30. The van der Waals surface area contributed by atoms with Gasteiger partial charge in [-0.3, -0.25) is 0 Å². The molecule has 1 atom stereocenters. The van der Waals surface area contributed by atoms with E-state index in [4.69, 9.17) is 4.43 Å². The topological polar surface area (TPSA) is 9.23 Å². The van der Waals surface area contributed by atoms with Gasteiger partial charge in [0.2, 0.25) is 8.32 Å². The van der Waals surface area contributed by atoms with Gasteiger partial charge in [0.25, 0.3) is 0 Å². The van der Waals surface area contributed by atoms with Gasteiger partial charge in [-0.15, -0.1) is 0 Å². The van der Waals surface area contributed by atoms with Crippen LogP contribution in [0.25, 0.3) is 16.9 Å². The molecule has 5 rings (SSSR count). The van der Waals surface area contributed by atoms with Crippen molar-refractivity contribution in [2.45, 2.75) is 58.4 Å². The number of benzene rings is 3. The van der Waals surface area contributed by atoms with Crippen LogP contribution in [0.4, 0.5) is 0 Å². The maximum atomic E-state index is 6.92. The Morgan fingerprint density at radius 2 is 1.56 bits per heavy atom. The first-order chi connectivity index (χ1) is 15.3. The quantitative estimate of drug-likeness (QED) is 0.280. The Labute approximate surface area is 195 Å². The van der Waals surface area contributed by atoms with Crippen LogP contribution >= 0.6 is 0 Å². The van der Waals surface area contributed by atoms with E-state index in [-0.39, 0.29) is 0 Å². The third-order valence-corrected chi connectivity index (χ3v) is 9.19. The lowest BCUT2D eigenvalue weighted by molar-refractivity contribution is 0.513. The molecule has 0 N–H and O–H groups in total. The first-order valence-corrected chi connectivity index (χ1v) is 17.8. The summed E-state index contributed by atoms with van der Waals surface area (Å²) in [5, 5.41) is 1.57. The van der Waals surface area contributed by atoms with Gasteiger partial charge in [-0.05, 0) is 76.6 Å². The minimum atomic E-state index is -1.76. The molecule has 0 aliphatic heterocycles. The van der Waals surface area contributed by atoms with Gasteiger partial charge in [-0.1, -0.05) is 80.7 Å². The molecule has 1 unspecified atom stereocenters. The summed E-state index contributed by atoms with van der Waals surface area (Å²) in [7, 11) is -2.48. The molecular weight excluding hydrogens is 420 g/mol. The van der Waals surface area contributed by atoms with E-state index >= 15 is 0 Å². The number of fused-ring (bicyclic) bond motifs is 4. The fourth-order valence-corrected chi connectivity index (χ4v) is 8.00. The molecule has 0 amide bonds. The van der Waals surface area contributed by atoms with Crippen LogP contribution in [0.3, 0.4) is 0 Å². The van der Waals surface area contributed by atoms with Gasteiger partial charge in [0.1, 0.15) is 5.76 Å². The van der Waals surface area contributed by atoms with Crippen molar-refractivity contribution in [2.24, 2.45) is 0 Å². The average Bonchev–Trinajstić information content (AvgIpc) is 3.28. The van der Waals surface area contributed by atoms with Crippen LogP contribution in [-0.4, -0.2) is 17.1 Å². The van der Waals surface area contributed by atoms with Crippen molar-refractivity contribution < 1.29 is 4.43 Å². The molecule has 0 spiro atoms. The van der Waals surface area contributed by atoms with E-state index in [2.05, 4.69) is 100 Å². The van der Waals surface area contributed by atoms with Gasteiger partial charge in [0.15, 0.2) is 0 Å². The summed E-state index contributed by atoms with van der Waals surface area (Å²) in [4.78, 5) is 0. The molecule has 2 aliphatic carbocycles.